The van der Waals surface area contributed by atoms with Crippen molar-refractivity contribution >= 4 is 17.4 Å². The van der Waals surface area contributed by atoms with Crippen LogP contribution in [0, 0.1) is 6.92 Å². The first-order chi connectivity index (χ1) is 9.65. The fourth-order valence-corrected chi connectivity index (χ4v) is 2.29. The largest absolute Gasteiger partial charge is 0.489 e. The van der Waals surface area contributed by atoms with E-state index in [0.29, 0.717) is 22.3 Å². The summed E-state index contributed by atoms with van der Waals surface area (Å²) in [6, 6.07) is 9.05. The van der Waals surface area contributed by atoms with Gasteiger partial charge in [-0.1, -0.05) is 23.9 Å². The van der Waals surface area contributed by atoms with Gasteiger partial charge in [0.2, 0.25) is 0 Å². The van der Waals surface area contributed by atoms with Gasteiger partial charge in [0, 0.05) is 17.6 Å². The quantitative estimate of drug-likeness (QED) is 0.480. The van der Waals surface area contributed by atoms with Crippen molar-refractivity contribution in [1.29, 1.82) is 0 Å². The zero-order valence-electron chi connectivity index (χ0n) is 11.2. The molecule has 3 N–H and O–H groups in total. The molecule has 0 aliphatic rings. The van der Waals surface area contributed by atoms with E-state index in [4.69, 9.17) is 10.5 Å². The Kier molecular flexibility index (Phi) is 5.20. The highest BCUT2D eigenvalue weighted by atomic mass is 32.2. The number of nitrogens with two attached hydrogens (primary N) is 1. The number of aliphatic hydroxyl groups is 1. The lowest BCUT2D eigenvalue weighted by Gasteiger charge is -2.12. The van der Waals surface area contributed by atoms with E-state index in [9.17, 15) is 5.11 Å². The second-order valence-corrected chi connectivity index (χ2v) is 5.28. The molecule has 0 fully saturated rings. The molecule has 0 saturated carbocycles. The summed E-state index contributed by atoms with van der Waals surface area (Å²) < 4.78 is 5.48. The minimum absolute atomic E-state index is 0.188. The van der Waals surface area contributed by atoms with Gasteiger partial charge in [0.1, 0.15) is 12.4 Å². The predicted molar refractivity (Wildman–Crippen MR) is 79.8 cm³/mol. The summed E-state index contributed by atoms with van der Waals surface area (Å²) in [5.41, 5.74) is 7.23. The Morgan fingerprint density at radius 1 is 1.35 bits per heavy atom. The number of para-hydroxylation sites is 2. The average molecular weight is 291 g/mol. The third-order valence-electron chi connectivity index (χ3n) is 2.53. The maximum absolute atomic E-state index is 9.89. The molecule has 1 heterocycles. The topological polar surface area (TPSA) is 81.3 Å². The van der Waals surface area contributed by atoms with Gasteiger partial charge in [0.15, 0.2) is 5.16 Å². The van der Waals surface area contributed by atoms with Gasteiger partial charge in [-0.05, 0) is 25.1 Å². The van der Waals surface area contributed by atoms with Crippen LogP contribution in [-0.4, -0.2) is 33.5 Å². The van der Waals surface area contributed by atoms with Gasteiger partial charge in [0.25, 0.3) is 0 Å². The van der Waals surface area contributed by atoms with Crippen LogP contribution in [0.2, 0.25) is 0 Å². The number of hydrogen-bond donors (Lipinski definition) is 2. The Hall–Kier alpha value is -1.79. The second kappa shape index (κ2) is 7.12. The number of aliphatic hydroxyl groups excluding tert-OH is 1. The van der Waals surface area contributed by atoms with E-state index >= 15 is 0 Å². The molecule has 0 bridgehead atoms. The van der Waals surface area contributed by atoms with E-state index in [-0.39, 0.29) is 6.61 Å². The van der Waals surface area contributed by atoms with Crippen LogP contribution in [0.25, 0.3) is 0 Å². The van der Waals surface area contributed by atoms with E-state index < -0.39 is 6.10 Å². The molecule has 0 spiro atoms. The third kappa shape index (κ3) is 4.40. The summed E-state index contributed by atoms with van der Waals surface area (Å²) in [7, 11) is 0. The lowest BCUT2D eigenvalue weighted by molar-refractivity contribution is 0.127. The van der Waals surface area contributed by atoms with Crippen LogP contribution in [0.5, 0.6) is 5.75 Å². The van der Waals surface area contributed by atoms with Crippen molar-refractivity contribution in [3.63, 3.8) is 0 Å². The fraction of sp³-hybridized carbons (Fsp3) is 0.286. The molecule has 106 valence electrons. The first-order valence-corrected chi connectivity index (χ1v) is 7.21. The molecule has 1 atom stereocenters. The first-order valence-electron chi connectivity index (χ1n) is 6.23. The number of rotatable bonds is 6. The van der Waals surface area contributed by atoms with Crippen LogP contribution in [0.15, 0.2) is 41.7 Å². The minimum atomic E-state index is -0.608. The fourth-order valence-electron chi connectivity index (χ4n) is 1.51. The number of aromatic nitrogens is 2. The van der Waals surface area contributed by atoms with Gasteiger partial charge in [-0.2, -0.15) is 0 Å². The predicted octanol–water partition coefficient (Wildman–Crippen LogP) is 1.90. The third-order valence-corrected chi connectivity index (χ3v) is 3.53. The monoisotopic (exact) mass is 291 g/mol. The number of nitrogen functional groups attached to an aromatic ring is 1. The molecule has 0 aliphatic carbocycles. The van der Waals surface area contributed by atoms with Crippen molar-refractivity contribution in [2.75, 3.05) is 18.1 Å². The Morgan fingerprint density at radius 2 is 2.15 bits per heavy atom. The van der Waals surface area contributed by atoms with Crippen molar-refractivity contribution in [2.24, 2.45) is 0 Å². The molecule has 20 heavy (non-hydrogen) atoms. The molecule has 0 amide bonds. The van der Waals surface area contributed by atoms with Crippen molar-refractivity contribution < 1.29 is 9.84 Å². The molecule has 2 aromatic rings. The number of benzene rings is 1. The van der Waals surface area contributed by atoms with Crippen LogP contribution < -0.4 is 10.5 Å². The molecule has 0 saturated heterocycles. The molecular weight excluding hydrogens is 274 g/mol. The summed E-state index contributed by atoms with van der Waals surface area (Å²) in [5.74, 6) is 1.05. The molecule has 6 heteroatoms. The zero-order valence-corrected chi connectivity index (χ0v) is 12.0. The number of hydrogen-bond acceptors (Lipinski definition) is 6. The van der Waals surface area contributed by atoms with Gasteiger partial charge in [-0.15, -0.1) is 0 Å². The van der Waals surface area contributed by atoms with E-state index in [1.54, 1.807) is 18.3 Å². The Labute approximate surface area is 122 Å². The van der Waals surface area contributed by atoms with E-state index in [2.05, 4.69) is 9.97 Å². The zero-order chi connectivity index (χ0) is 14.4. The van der Waals surface area contributed by atoms with Gasteiger partial charge in [0.05, 0.1) is 11.8 Å². The highest BCUT2D eigenvalue weighted by Gasteiger charge is 2.09. The van der Waals surface area contributed by atoms with Crippen LogP contribution in [-0.2, 0) is 0 Å². The molecule has 1 aromatic heterocycles. The van der Waals surface area contributed by atoms with Crippen molar-refractivity contribution in [3.05, 3.63) is 42.2 Å². The molecule has 1 aromatic carbocycles. The van der Waals surface area contributed by atoms with Gasteiger partial charge >= 0.3 is 0 Å². The maximum Gasteiger partial charge on any atom is 0.187 e. The highest BCUT2D eigenvalue weighted by Crippen LogP contribution is 2.20. The normalized spacial score (nSPS) is 12.1. The molecule has 0 radical (unpaired) electrons. The number of nitrogens with zero attached hydrogens (tertiary/aromatic N) is 2. The summed E-state index contributed by atoms with van der Waals surface area (Å²) in [6.07, 6.45) is 1.10. The van der Waals surface area contributed by atoms with Crippen molar-refractivity contribution in [1.82, 2.24) is 9.97 Å². The Balaban J connectivity index is 1.78. The summed E-state index contributed by atoms with van der Waals surface area (Å²) in [4.78, 5) is 8.38. The molecular formula is C14H17N3O2S. The number of aryl methyl sites for hydroxylation is 1. The number of thioether (sulfide) groups is 1. The van der Waals surface area contributed by atoms with Crippen LogP contribution in [0.4, 0.5) is 5.69 Å². The van der Waals surface area contributed by atoms with E-state index in [1.807, 2.05) is 25.1 Å². The highest BCUT2D eigenvalue weighted by molar-refractivity contribution is 7.99. The average Bonchev–Trinajstić information content (AvgIpc) is 2.44. The van der Waals surface area contributed by atoms with Gasteiger partial charge in [-0.3, -0.25) is 0 Å². The molecule has 5 nitrogen and oxygen atoms in total. The lowest BCUT2D eigenvalue weighted by atomic mass is 10.3. The number of anilines is 1. The maximum atomic E-state index is 9.89. The number of ether oxygens (including phenoxy) is 1. The lowest BCUT2D eigenvalue weighted by Crippen LogP contribution is -2.20. The van der Waals surface area contributed by atoms with E-state index in [0.717, 1.165) is 5.69 Å². The van der Waals surface area contributed by atoms with Crippen LogP contribution in [0.1, 0.15) is 5.69 Å². The van der Waals surface area contributed by atoms with Crippen molar-refractivity contribution in [3.8, 4) is 5.75 Å². The second-order valence-electron chi connectivity index (χ2n) is 4.29. The van der Waals surface area contributed by atoms with Gasteiger partial charge in [-0.25, -0.2) is 9.97 Å². The molecule has 1 unspecified atom stereocenters. The molecule has 2 rings (SSSR count). The van der Waals surface area contributed by atoms with Crippen LogP contribution in [0.3, 0.4) is 0 Å². The van der Waals surface area contributed by atoms with Crippen LogP contribution >= 0.6 is 11.8 Å². The molecule has 0 aliphatic heterocycles. The minimum Gasteiger partial charge on any atom is -0.489 e. The standard InChI is InChI=1S/C14H17N3O2S/c1-10-6-7-16-14(17-10)20-9-11(18)8-19-13-5-3-2-4-12(13)15/h2-7,11,18H,8-9,15H2,1H3. The first kappa shape index (κ1) is 14.6. The van der Waals surface area contributed by atoms with Gasteiger partial charge < -0.3 is 15.6 Å². The Morgan fingerprint density at radius 3 is 2.90 bits per heavy atom. The van der Waals surface area contributed by atoms with E-state index in [1.165, 1.54) is 11.8 Å². The summed E-state index contributed by atoms with van der Waals surface area (Å²) in [6.45, 7) is 2.09. The Bertz CT molecular complexity index is 566. The SMILES string of the molecule is Cc1ccnc(SCC(O)COc2ccccc2N)n1. The summed E-state index contributed by atoms with van der Waals surface area (Å²) >= 11 is 1.40. The van der Waals surface area contributed by atoms with Crippen molar-refractivity contribution in [2.45, 2.75) is 18.2 Å². The summed E-state index contributed by atoms with van der Waals surface area (Å²) in [5, 5.41) is 10.5. The smallest absolute Gasteiger partial charge is 0.187 e.